The van der Waals surface area contributed by atoms with Crippen molar-refractivity contribution in [2.24, 2.45) is 0 Å². The Kier molecular flexibility index (Phi) is 11.8. The summed E-state index contributed by atoms with van der Waals surface area (Å²) in [5.41, 5.74) is 0.314. The van der Waals surface area contributed by atoms with Crippen molar-refractivity contribution in [2.75, 3.05) is 19.6 Å². The molecular weight excluding hydrogens is 542 g/mol. The topological polar surface area (TPSA) is 36.4 Å². The first-order valence-electron chi connectivity index (χ1n) is 12.7. The second-order valence-electron chi connectivity index (χ2n) is 9.34. The summed E-state index contributed by atoms with van der Waals surface area (Å²) >= 11 is 0. The third kappa shape index (κ3) is 9.22. The summed E-state index contributed by atoms with van der Waals surface area (Å²) in [6.45, 7) is 6.16. The van der Waals surface area contributed by atoms with E-state index in [0.29, 0.717) is 34.6 Å². The summed E-state index contributed by atoms with van der Waals surface area (Å²) in [7, 11) is 0. The van der Waals surface area contributed by atoms with E-state index in [1.54, 1.807) is 12.1 Å². The molecule has 1 unspecified atom stereocenters. The van der Waals surface area contributed by atoms with Crippen LogP contribution in [0.1, 0.15) is 62.3 Å². The number of pyridine rings is 1. The SMILES string of the molecule is CCCCN(CCCC)CC(O)c1cc(-c2ccc(C(F)(F)F)cc2)nc(-c2ccc(C(F)(F)F)cc2)c1.Cl. The van der Waals surface area contributed by atoms with Crippen molar-refractivity contribution in [1.82, 2.24) is 9.88 Å². The van der Waals surface area contributed by atoms with Crippen LogP contribution in [0.3, 0.4) is 0 Å². The van der Waals surface area contributed by atoms with Gasteiger partial charge in [-0.1, -0.05) is 51.0 Å². The Morgan fingerprint density at radius 2 is 1.10 bits per heavy atom. The Balaban J connectivity index is 0.00000533. The summed E-state index contributed by atoms with van der Waals surface area (Å²) < 4.78 is 78.4. The molecule has 0 amide bonds. The Hall–Kier alpha value is -2.62. The van der Waals surface area contributed by atoms with E-state index in [-0.39, 0.29) is 12.4 Å². The molecule has 3 nitrogen and oxygen atoms in total. The van der Waals surface area contributed by atoms with E-state index >= 15 is 0 Å². The minimum Gasteiger partial charge on any atom is -0.387 e. The largest absolute Gasteiger partial charge is 0.416 e. The van der Waals surface area contributed by atoms with Crippen LogP contribution < -0.4 is 0 Å². The number of rotatable bonds is 11. The molecule has 0 saturated carbocycles. The van der Waals surface area contributed by atoms with Gasteiger partial charge in [-0.15, -0.1) is 12.4 Å². The molecule has 1 heterocycles. The second-order valence-corrected chi connectivity index (χ2v) is 9.34. The fourth-order valence-electron chi connectivity index (χ4n) is 4.11. The highest BCUT2D eigenvalue weighted by molar-refractivity contribution is 5.85. The van der Waals surface area contributed by atoms with Crippen LogP contribution in [0.5, 0.6) is 0 Å². The predicted octanol–water partition coefficient (Wildman–Crippen LogP) is 8.81. The highest BCUT2D eigenvalue weighted by Crippen LogP contribution is 2.34. The number of unbranched alkanes of at least 4 members (excludes halogenated alkanes) is 2. The number of aromatic nitrogens is 1. The molecule has 0 aliphatic carbocycles. The minimum absolute atomic E-state index is 0. The molecule has 1 atom stereocenters. The maximum absolute atomic E-state index is 13.1. The van der Waals surface area contributed by atoms with Gasteiger partial charge < -0.3 is 10.0 Å². The molecule has 0 aliphatic rings. The lowest BCUT2D eigenvalue weighted by atomic mass is 10.00. The lowest BCUT2D eigenvalue weighted by molar-refractivity contribution is -0.138. The van der Waals surface area contributed by atoms with Gasteiger partial charge in [0.05, 0.1) is 28.6 Å². The summed E-state index contributed by atoms with van der Waals surface area (Å²) in [5.74, 6) is 0. The summed E-state index contributed by atoms with van der Waals surface area (Å²) in [5, 5.41) is 11.2. The zero-order valence-electron chi connectivity index (χ0n) is 21.8. The highest BCUT2D eigenvalue weighted by Gasteiger charge is 2.31. The van der Waals surface area contributed by atoms with Crippen LogP contribution in [0.4, 0.5) is 26.3 Å². The first-order chi connectivity index (χ1) is 17.9. The van der Waals surface area contributed by atoms with Gasteiger partial charge in [-0.05, 0) is 67.9 Å². The molecule has 0 fully saturated rings. The van der Waals surface area contributed by atoms with Gasteiger partial charge in [0.1, 0.15) is 0 Å². The van der Waals surface area contributed by atoms with Crippen LogP contribution in [0.15, 0.2) is 60.7 Å². The zero-order valence-corrected chi connectivity index (χ0v) is 22.6. The number of halogens is 7. The van der Waals surface area contributed by atoms with Crippen LogP contribution >= 0.6 is 12.4 Å². The standard InChI is InChI=1S/C29H32F6N2O.ClH/c1-3-5-15-37(16-6-4-2)19-27(38)22-17-25(20-7-11-23(12-8-20)28(30,31)32)36-26(18-22)21-9-13-24(14-10-21)29(33,34)35;/h7-14,17-18,27,38H,3-6,15-16,19H2,1-2H3;1H. The Bertz CT molecular complexity index is 1080. The molecule has 0 aliphatic heterocycles. The first kappa shape index (κ1) is 32.6. The van der Waals surface area contributed by atoms with Crippen molar-refractivity contribution >= 4 is 12.4 Å². The molecule has 0 bridgehead atoms. The van der Waals surface area contributed by atoms with Crippen molar-refractivity contribution in [3.8, 4) is 22.5 Å². The normalized spacial score (nSPS) is 12.9. The van der Waals surface area contributed by atoms with E-state index in [1.807, 2.05) is 0 Å². The number of aliphatic hydroxyl groups is 1. The van der Waals surface area contributed by atoms with Gasteiger partial charge in [-0.3, -0.25) is 0 Å². The predicted molar refractivity (Wildman–Crippen MR) is 144 cm³/mol. The summed E-state index contributed by atoms with van der Waals surface area (Å²) in [6.07, 6.45) is -5.95. The number of alkyl halides is 6. The van der Waals surface area contributed by atoms with Gasteiger partial charge in [0.25, 0.3) is 0 Å². The number of aliphatic hydroxyl groups excluding tert-OH is 1. The number of hydrogen-bond acceptors (Lipinski definition) is 3. The maximum Gasteiger partial charge on any atom is 0.416 e. The van der Waals surface area contributed by atoms with Crippen LogP contribution in [0.25, 0.3) is 22.5 Å². The minimum atomic E-state index is -4.49. The van der Waals surface area contributed by atoms with E-state index in [1.165, 1.54) is 24.3 Å². The fraction of sp³-hybridized carbons (Fsp3) is 0.414. The molecule has 39 heavy (non-hydrogen) atoms. The van der Waals surface area contributed by atoms with Crippen LogP contribution in [-0.4, -0.2) is 34.6 Å². The smallest absolute Gasteiger partial charge is 0.387 e. The van der Waals surface area contributed by atoms with Gasteiger partial charge in [0.15, 0.2) is 0 Å². The van der Waals surface area contributed by atoms with Crippen molar-refractivity contribution in [3.63, 3.8) is 0 Å². The molecule has 10 heteroatoms. The zero-order chi connectivity index (χ0) is 27.9. The van der Waals surface area contributed by atoms with E-state index in [2.05, 4.69) is 23.7 Å². The van der Waals surface area contributed by atoms with Crippen molar-refractivity contribution < 1.29 is 31.4 Å². The number of benzene rings is 2. The average molecular weight is 575 g/mol. The third-order valence-corrected chi connectivity index (χ3v) is 6.34. The quantitative estimate of drug-likeness (QED) is 0.232. The number of nitrogens with zero attached hydrogens (tertiary/aromatic N) is 2. The Morgan fingerprint density at radius 1 is 0.718 bits per heavy atom. The molecule has 3 rings (SSSR count). The van der Waals surface area contributed by atoms with Gasteiger partial charge in [-0.25, -0.2) is 4.98 Å². The van der Waals surface area contributed by atoms with E-state index in [0.717, 1.165) is 63.0 Å². The monoisotopic (exact) mass is 574 g/mol. The van der Waals surface area contributed by atoms with E-state index in [9.17, 15) is 31.4 Å². The van der Waals surface area contributed by atoms with E-state index in [4.69, 9.17) is 0 Å². The van der Waals surface area contributed by atoms with Gasteiger partial charge in [0, 0.05) is 17.7 Å². The average Bonchev–Trinajstić information content (AvgIpc) is 2.89. The second kappa shape index (κ2) is 14.1. The Morgan fingerprint density at radius 3 is 1.44 bits per heavy atom. The maximum atomic E-state index is 13.1. The first-order valence-corrected chi connectivity index (χ1v) is 12.7. The molecule has 0 saturated heterocycles. The van der Waals surface area contributed by atoms with Gasteiger partial charge >= 0.3 is 12.4 Å². The highest BCUT2D eigenvalue weighted by atomic mass is 35.5. The molecule has 3 aromatic rings. The van der Waals surface area contributed by atoms with Crippen molar-refractivity contribution in [2.45, 2.75) is 58.0 Å². The lowest BCUT2D eigenvalue weighted by Gasteiger charge is -2.25. The van der Waals surface area contributed by atoms with E-state index < -0.39 is 29.6 Å². The Labute approximate surface area is 231 Å². The molecule has 214 valence electrons. The molecule has 2 aromatic carbocycles. The summed E-state index contributed by atoms with van der Waals surface area (Å²) in [6, 6.07) is 12.3. The summed E-state index contributed by atoms with van der Waals surface area (Å²) in [4.78, 5) is 6.71. The van der Waals surface area contributed by atoms with Gasteiger partial charge in [0.2, 0.25) is 0 Å². The van der Waals surface area contributed by atoms with Crippen LogP contribution in [0.2, 0.25) is 0 Å². The third-order valence-electron chi connectivity index (χ3n) is 6.34. The molecule has 1 N–H and O–H groups in total. The molecule has 1 aromatic heterocycles. The lowest BCUT2D eigenvalue weighted by Crippen LogP contribution is -2.30. The van der Waals surface area contributed by atoms with Crippen molar-refractivity contribution in [1.29, 1.82) is 0 Å². The van der Waals surface area contributed by atoms with Crippen LogP contribution in [-0.2, 0) is 12.4 Å². The van der Waals surface area contributed by atoms with Crippen LogP contribution in [0, 0.1) is 0 Å². The molecule has 0 radical (unpaired) electrons. The molecular formula is C29H33ClF6N2O. The van der Waals surface area contributed by atoms with Gasteiger partial charge in [-0.2, -0.15) is 26.3 Å². The molecule has 0 spiro atoms. The number of hydrogen-bond donors (Lipinski definition) is 1. The fourth-order valence-corrected chi connectivity index (χ4v) is 4.11. The van der Waals surface area contributed by atoms with Crippen molar-refractivity contribution in [3.05, 3.63) is 77.4 Å².